The first-order valence-corrected chi connectivity index (χ1v) is 11.3. The van der Waals surface area contributed by atoms with Crippen LogP contribution in [0.25, 0.3) is 0 Å². The summed E-state index contributed by atoms with van der Waals surface area (Å²) in [5.74, 6) is 0. The summed E-state index contributed by atoms with van der Waals surface area (Å²) < 4.78 is 27.7. The Hall–Kier alpha value is -2.07. The van der Waals surface area contributed by atoms with E-state index in [1.54, 1.807) is 19.2 Å². The number of halogens is 1. The van der Waals surface area contributed by atoms with Gasteiger partial charge in [0.15, 0.2) is 0 Å². The average Bonchev–Trinajstić information content (AvgIpc) is 2.75. The van der Waals surface area contributed by atoms with E-state index in [9.17, 15) is 8.42 Å². The lowest BCUT2D eigenvalue weighted by Crippen LogP contribution is -2.26. The molecule has 0 spiro atoms. The van der Waals surface area contributed by atoms with E-state index in [-0.39, 0.29) is 10.9 Å². The van der Waals surface area contributed by atoms with Gasteiger partial charge >= 0.3 is 0 Å². The van der Waals surface area contributed by atoms with Crippen molar-refractivity contribution in [1.29, 1.82) is 5.26 Å². The summed E-state index contributed by atoms with van der Waals surface area (Å²) in [4.78, 5) is 0.241. The molecule has 0 amide bonds. The Morgan fingerprint density at radius 1 is 1.11 bits per heavy atom. The number of para-hydroxylation sites is 1. The van der Waals surface area contributed by atoms with Gasteiger partial charge < -0.3 is 5.32 Å². The monoisotopic (exact) mass is 417 g/mol. The molecule has 1 N–H and O–H groups in total. The second kappa shape index (κ2) is 8.95. The summed E-state index contributed by atoms with van der Waals surface area (Å²) in [5.41, 5.74) is 2.31. The Bertz CT molecular complexity index is 985. The molecule has 2 aromatic carbocycles. The lowest BCUT2D eigenvalue weighted by molar-refractivity contribution is 0.547. The van der Waals surface area contributed by atoms with Crippen molar-refractivity contribution in [3.05, 3.63) is 58.6 Å². The van der Waals surface area contributed by atoms with Crippen LogP contribution < -0.4 is 9.62 Å². The number of hydrogen-bond donors (Lipinski definition) is 1. The molecule has 1 aliphatic heterocycles. The third kappa shape index (κ3) is 4.17. The topological polar surface area (TPSA) is 73.2 Å². The smallest absolute Gasteiger partial charge is 0.264 e. The van der Waals surface area contributed by atoms with Crippen molar-refractivity contribution in [1.82, 2.24) is 5.32 Å². The fraction of sp³-hybridized carbons (Fsp3) is 0.381. The Kier molecular flexibility index (Phi) is 6.61. The molecule has 1 unspecified atom stereocenters. The third-order valence-corrected chi connectivity index (χ3v) is 7.14. The van der Waals surface area contributed by atoms with Crippen molar-refractivity contribution in [2.24, 2.45) is 0 Å². The summed E-state index contributed by atoms with van der Waals surface area (Å²) in [6, 6.07) is 14.6. The standard InChI is InChI=1S/C21H24ClN3O2S/c1-25-19-10-6-5-9-17(19)21(24-14-8-4-2-3-7-13-23)18-12-11-16(22)15-20(18)28(25,26)27/h5-6,9-12,15,21,24H,2-4,7-8,14H2,1H3. The minimum Gasteiger partial charge on any atom is -0.306 e. The molecule has 0 saturated heterocycles. The summed E-state index contributed by atoms with van der Waals surface area (Å²) in [6.45, 7) is 0.761. The van der Waals surface area contributed by atoms with Gasteiger partial charge in [-0.1, -0.05) is 48.7 Å². The summed E-state index contributed by atoms with van der Waals surface area (Å²) in [6.07, 6.45) is 4.55. The van der Waals surface area contributed by atoms with E-state index in [4.69, 9.17) is 16.9 Å². The molecule has 0 radical (unpaired) electrons. The maximum atomic E-state index is 13.2. The zero-order valence-electron chi connectivity index (χ0n) is 15.9. The molecule has 0 saturated carbocycles. The predicted molar refractivity (Wildman–Crippen MR) is 112 cm³/mol. The maximum Gasteiger partial charge on any atom is 0.264 e. The van der Waals surface area contributed by atoms with Crippen molar-refractivity contribution in [3.63, 3.8) is 0 Å². The molecule has 28 heavy (non-hydrogen) atoms. The number of anilines is 1. The summed E-state index contributed by atoms with van der Waals surface area (Å²) in [7, 11) is -2.11. The number of nitrogens with zero attached hydrogens (tertiary/aromatic N) is 2. The second-order valence-electron chi connectivity index (χ2n) is 6.92. The highest BCUT2D eigenvalue weighted by molar-refractivity contribution is 7.92. The van der Waals surface area contributed by atoms with Gasteiger partial charge in [-0.25, -0.2) is 8.42 Å². The van der Waals surface area contributed by atoms with Crippen molar-refractivity contribution in [2.45, 2.75) is 43.0 Å². The molecular weight excluding hydrogens is 394 g/mol. The van der Waals surface area contributed by atoms with Crippen LogP contribution in [-0.4, -0.2) is 22.0 Å². The van der Waals surface area contributed by atoms with Gasteiger partial charge in [0.25, 0.3) is 10.0 Å². The molecule has 1 aliphatic rings. The van der Waals surface area contributed by atoms with Crippen molar-refractivity contribution in [2.75, 3.05) is 17.9 Å². The zero-order chi connectivity index (χ0) is 20.1. The van der Waals surface area contributed by atoms with Crippen LogP contribution in [-0.2, 0) is 10.0 Å². The van der Waals surface area contributed by atoms with Crippen LogP contribution in [0.3, 0.4) is 0 Å². The van der Waals surface area contributed by atoms with Gasteiger partial charge in [-0.3, -0.25) is 4.31 Å². The third-order valence-electron chi connectivity index (χ3n) is 5.08. The van der Waals surface area contributed by atoms with E-state index in [2.05, 4.69) is 11.4 Å². The molecular formula is C21H24ClN3O2S. The molecule has 2 aromatic rings. The van der Waals surface area contributed by atoms with Gasteiger partial charge in [0.1, 0.15) is 0 Å². The first-order chi connectivity index (χ1) is 13.5. The number of benzene rings is 2. The van der Waals surface area contributed by atoms with Crippen LogP contribution in [0, 0.1) is 11.3 Å². The van der Waals surface area contributed by atoms with Crippen LogP contribution in [0.15, 0.2) is 47.4 Å². The lowest BCUT2D eigenvalue weighted by Gasteiger charge is -2.22. The van der Waals surface area contributed by atoms with Gasteiger partial charge in [-0.05, 0) is 48.7 Å². The van der Waals surface area contributed by atoms with E-state index in [1.807, 2.05) is 24.3 Å². The number of hydrogen-bond acceptors (Lipinski definition) is 4. The number of unbranched alkanes of at least 4 members (excludes halogenated alkanes) is 4. The molecule has 0 aliphatic carbocycles. The number of sulfonamides is 1. The molecule has 0 bridgehead atoms. The fourth-order valence-corrected chi connectivity index (χ4v) is 5.30. The maximum absolute atomic E-state index is 13.2. The normalized spacial score (nSPS) is 17.3. The minimum atomic E-state index is -3.69. The van der Waals surface area contributed by atoms with Crippen LogP contribution in [0.1, 0.15) is 49.3 Å². The Morgan fingerprint density at radius 2 is 1.86 bits per heavy atom. The number of fused-ring (bicyclic) bond motifs is 2. The second-order valence-corrected chi connectivity index (χ2v) is 9.30. The molecule has 5 nitrogen and oxygen atoms in total. The molecule has 0 aromatic heterocycles. The quantitative estimate of drug-likeness (QED) is 0.666. The number of rotatable bonds is 7. The highest BCUT2D eigenvalue weighted by Gasteiger charge is 2.34. The highest BCUT2D eigenvalue weighted by Crippen LogP contribution is 2.40. The Balaban J connectivity index is 1.91. The first kappa shape index (κ1) is 20.7. The minimum absolute atomic E-state index is 0.234. The molecule has 0 fully saturated rings. The van der Waals surface area contributed by atoms with E-state index in [1.165, 1.54) is 10.4 Å². The van der Waals surface area contributed by atoms with Crippen molar-refractivity contribution in [3.8, 4) is 6.07 Å². The van der Waals surface area contributed by atoms with Crippen LogP contribution in [0.2, 0.25) is 5.02 Å². The molecule has 1 atom stereocenters. The summed E-state index contributed by atoms with van der Waals surface area (Å²) >= 11 is 6.12. The Morgan fingerprint density at radius 3 is 2.64 bits per heavy atom. The van der Waals surface area contributed by atoms with Crippen molar-refractivity contribution < 1.29 is 8.42 Å². The molecule has 148 valence electrons. The van der Waals surface area contributed by atoms with E-state index in [0.29, 0.717) is 22.7 Å². The van der Waals surface area contributed by atoms with Gasteiger partial charge in [0.05, 0.1) is 22.7 Å². The van der Waals surface area contributed by atoms with E-state index in [0.717, 1.165) is 37.8 Å². The van der Waals surface area contributed by atoms with Gasteiger partial charge in [0.2, 0.25) is 0 Å². The highest BCUT2D eigenvalue weighted by atomic mass is 35.5. The Labute approximate surface area is 172 Å². The molecule has 1 heterocycles. The zero-order valence-corrected chi connectivity index (χ0v) is 17.4. The van der Waals surface area contributed by atoms with Gasteiger partial charge in [-0.15, -0.1) is 0 Å². The van der Waals surface area contributed by atoms with Gasteiger partial charge in [0, 0.05) is 18.5 Å². The SMILES string of the molecule is CN1c2ccccc2C(NCCCCCCC#N)c2ccc(Cl)cc2S1(=O)=O. The number of nitriles is 1. The van der Waals surface area contributed by atoms with Crippen molar-refractivity contribution >= 4 is 27.3 Å². The fourth-order valence-electron chi connectivity index (χ4n) is 3.58. The van der Waals surface area contributed by atoms with E-state index < -0.39 is 10.0 Å². The first-order valence-electron chi connectivity index (χ1n) is 9.44. The summed E-state index contributed by atoms with van der Waals surface area (Å²) in [5, 5.41) is 12.6. The average molecular weight is 418 g/mol. The van der Waals surface area contributed by atoms with Crippen LogP contribution >= 0.6 is 11.6 Å². The molecule has 7 heteroatoms. The largest absolute Gasteiger partial charge is 0.306 e. The van der Waals surface area contributed by atoms with Crippen LogP contribution in [0.4, 0.5) is 5.69 Å². The van der Waals surface area contributed by atoms with Crippen LogP contribution in [0.5, 0.6) is 0 Å². The molecule has 3 rings (SSSR count). The lowest BCUT2D eigenvalue weighted by atomic mass is 9.96. The predicted octanol–water partition coefficient (Wildman–Crippen LogP) is 4.63. The number of nitrogens with one attached hydrogen (secondary N) is 1. The van der Waals surface area contributed by atoms with Gasteiger partial charge in [-0.2, -0.15) is 5.26 Å². The van der Waals surface area contributed by atoms with E-state index >= 15 is 0 Å².